The number of H-pyrrole nitrogens is 1. The average Bonchev–Trinajstić information content (AvgIpc) is 2.94. The molecule has 1 aromatic carbocycles. The van der Waals surface area contributed by atoms with Crippen molar-refractivity contribution in [2.45, 2.75) is 32.9 Å². The third-order valence-electron chi connectivity index (χ3n) is 4.33. The number of benzene rings is 1. The highest BCUT2D eigenvalue weighted by molar-refractivity contribution is 7.99. The smallest absolute Gasteiger partial charge is 0.190 e. The van der Waals surface area contributed by atoms with E-state index in [-0.39, 0.29) is 17.3 Å². The molecule has 27 heavy (non-hydrogen) atoms. The lowest BCUT2D eigenvalue weighted by Gasteiger charge is -2.09. The number of anilines is 1. The Bertz CT molecular complexity index is 1030. The van der Waals surface area contributed by atoms with Crippen molar-refractivity contribution in [1.29, 1.82) is 0 Å². The Balaban J connectivity index is 1.84. The Morgan fingerprint density at radius 3 is 2.59 bits per heavy atom. The Labute approximate surface area is 162 Å². The highest BCUT2D eigenvalue weighted by Crippen LogP contribution is 2.26. The summed E-state index contributed by atoms with van der Waals surface area (Å²) in [7, 11) is 0. The van der Waals surface area contributed by atoms with Crippen molar-refractivity contribution in [2.24, 2.45) is 0 Å². The van der Waals surface area contributed by atoms with Gasteiger partial charge in [-0.25, -0.2) is 9.97 Å². The van der Waals surface area contributed by atoms with E-state index in [1.807, 2.05) is 38.1 Å². The van der Waals surface area contributed by atoms with Crippen LogP contribution in [0.5, 0.6) is 0 Å². The Morgan fingerprint density at radius 2 is 1.93 bits per heavy atom. The topological polar surface area (TPSA) is 87.7 Å². The number of aryl methyl sites for hydroxylation is 1. The fourth-order valence-electron chi connectivity index (χ4n) is 3.18. The lowest BCUT2D eigenvalue weighted by molar-refractivity contribution is 0.101. The second kappa shape index (κ2) is 7.92. The summed E-state index contributed by atoms with van der Waals surface area (Å²) in [6.07, 6.45) is 0. The van der Waals surface area contributed by atoms with Crippen LogP contribution in [0.25, 0.3) is 10.9 Å². The number of fused-ring (bicyclic) bond motifs is 1. The highest BCUT2D eigenvalue weighted by Gasteiger charge is 2.20. The molecule has 0 spiro atoms. The molecule has 6 nitrogen and oxygen atoms in total. The number of carbonyl (C=O) groups is 2. The van der Waals surface area contributed by atoms with Crippen molar-refractivity contribution < 1.29 is 9.59 Å². The van der Waals surface area contributed by atoms with Crippen LogP contribution >= 0.6 is 11.8 Å². The van der Waals surface area contributed by atoms with Crippen LogP contribution in [-0.4, -0.2) is 38.8 Å². The summed E-state index contributed by atoms with van der Waals surface area (Å²) < 4.78 is 0. The van der Waals surface area contributed by atoms with Crippen molar-refractivity contribution in [2.75, 3.05) is 17.6 Å². The molecule has 3 aromatic rings. The minimum Gasteiger partial charge on any atom is -0.370 e. The second-order valence-electron chi connectivity index (χ2n) is 6.30. The maximum Gasteiger partial charge on any atom is 0.190 e. The molecular formula is C20H22N4O2S. The molecule has 0 saturated heterocycles. The van der Waals surface area contributed by atoms with Crippen LogP contribution in [0.15, 0.2) is 29.4 Å². The summed E-state index contributed by atoms with van der Waals surface area (Å²) in [4.78, 5) is 36.6. The number of hydrogen-bond acceptors (Lipinski definition) is 6. The summed E-state index contributed by atoms with van der Waals surface area (Å²) in [6, 6.07) is 7.79. The summed E-state index contributed by atoms with van der Waals surface area (Å²) >= 11 is 1.29. The van der Waals surface area contributed by atoms with Gasteiger partial charge in [-0.2, -0.15) is 0 Å². The van der Waals surface area contributed by atoms with E-state index in [2.05, 4.69) is 20.3 Å². The first-order chi connectivity index (χ1) is 12.9. The molecule has 0 bridgehead atoms. The Kier molecular flexibility index (Phi) is 5.60. The van der Waals surface area contributed by atoms with Gasteiger partial charge in [0.1, 0.15) is 5.82 Å². The lowest BCUT2D eigenvalue weighted by Crippen LogP contribution is -2.07. The minimum absolute atomic E-state index is 0.0407. The number of carbonyl (C=O) groups excluding carboxylic acids is 2. The van der Waals surface area contributed by atoms with E-state index in [9.17, 15) is 9.59 Å². The fourth-order valence-corrected chi connectivity index (χ4v) is 3.90. The van der Waals surface area contributed by atoms with Crippen LogP contribution in [-0.2, 0) is 0 Å². The molecule has 0 unspecified atom stereocenters. The van der Waals surface area contributed by atoms with Crippen LogP contribution in [0.4, 0.5) is 5.82 Å². The molecule has 140 valence electrons. The number of aromatic nitrogens is 3. The van der Waals surface area contributed by atoms with Crippen LogP contribution in [0.3, 0.4) is 0 Å². The molecule has 0 saturated carbocycles. The van der Waals surface area contributed by atoms with E-state index in [1.54, 1.807) is 6.92 Å². The number of hydrogen-bond donors (Lipinski definition) is 2. The van der Waals surface area contributed by atoms with E-state index in [0.717, 1.165) is 29.0 Å². The summed E-state index contributed by atoms with van der Waals surface area (Å²) in [5, 5.41) is 4.75. The number of rotatable bonds is 7. The van der Waals surface area contributed by atoms with Gasteiger partial charge in [-0.05, 0) is 45.4 Å². The molecule has 0 fully saturated rings. The molecule has 3 rings (SSSR count). The van der Waals surface area contributed by atoms with Gasteiger partial charge < -0.3 is 10.3 Å². The van der Waals surface area contributed by atoms with Crippen molar-refractivity contribution in [3.05, 3.63) is 46.8 Å². The zero-order chi connectivity index (χ0) is 19.6. The molecule has 0 radical (unpaired) electrons. The van der Waals surface area contributed by atoms with Gasteiger partial charge in [0.2, 0.25) is 0 Å². The quantitative estimate of drug-likeness (QED) is 0.362. The number of aromatic amines is 1. The molecule has 0 aliphatic rings. The number of nitrogens with zero attached hydrogens (tertiary/aromatic N) is 2. The zero-order valence-electron chi connectivity index (χ0n) is 15.8. The van der Waals surface area contributed by atoms with Crippen molar-refractivity contribution in [3.63, 3.8) is 0 Å². The molecule has 0 aliphatic carbocycles. The Hall–Kier alpha value is -2.67. The van der Waals surface area contributed by atoms with E-state index in [0.29, 0.717) is 22.0 Å². The van der Waals surface area contributed by atoms with Gasteiger partial charge in [-0.1, -0.05) is 23.9 Å². The van der Waals surface area contributed by atoms with E-state index >= 15 is 0 Å². The highest BCUT2D eigenvalue weighted by atomic mass is 32.2. The van der Waals surface area contributed by atoms with E-state index < -0.39 is 0 Å². The van der Waals surface area contributed by atoms with Gasteiger partial charge in [0.05, 0.1) is 17.0 Å². The second-order valence-corrected chi connectivity index (χ2v) is 7.24. The van der Waals surface area contributed by atoms with Gasteiger partial charge in [0.15, 0.2) is 16.7 Å². The number of para-hydroxylation sites is 1. The molecule has 0 amide bonds. The summed E-state index contributed by atoms with van der Waals surface area (Å²) in [5.74, 6) is 0.849. The maximum absolute atomic E-state index is 12.7. The standard InChI is InChI=1S/C20H22N4O2S/c1-5-21-19-14-8-6-7-9-15(14)23-20(24-19)27-10-16(26)18-11(2)17(13(4)25)12(3)22-18/h6-9,22H,5,10H2,1-4H3,(H,21,23,24). The summed E-state index contributed by atoms with van der Waals surface area (Å²) in [6.45, 7) is 7.88. The van der Waals surface area contributed by atoms with Crippen molar-refractivity contribution in [3.8, 4) is 0 Å². The average molecular weight is 382 g/mol. The molecule has 0 atom stereocenters. The first-order valence-electron chi connectivity index (χ1n) is 8.79. The predicted molar refractivity (Wildman–Crippen MR) is 109 cm³/mol. The first kappa shape index (κ1) is 19.1. The first-order valence-corrected chi connectivity index (χ1v) is 9.77. The maximum atomic E-state index is 12.7. The van der Waals surface area contributed by atoms with Crippen LogP contribution in [0, 0.1) is 13.8 Å². The molecule has 2 aromatic heterocycles. The van der Waals surface area contributed by atoms with Gasteiger partial charge in [0.25, 0.3) is 0 Å². The van der Waals surface area contributed by atoms with Gasteiger partial charge in [-0.15, -0.1) is 0 Å². The van der Waals surface area contributed by atoms with Crippen molar-refractivity contribution in [1.82, 2.24) is 15.0 Å². The number of thioether (sulfide) groups is 1. The number of Topliss-reactive ketones (excluding diaryl/α,β-unsaturated/α-hetero) is 2. The fraction of sp³-hybridized carbons (Fsp3) is 0.300. The van der Waals surface area contributed by atoms with Crippen LogP contribution in [0.1, 0.15) is 46.0 Å². The molecule has 0 aliphatic heterocycles. The van der Waals surface area contributed by atoms with Crippen LogP contribution < -0.4 is 5.32 Å². The third kappa shape index (κ3) is 3.88. The monoisotopic (exact) mass is 382 g/mol. The predicted octanol–water partition coefficient (Wildman–Crippen LogP) is 4.18. The SMILES string of the molecule is CCNc1nc(SCC(=O)c2[nH]c(C)c(C(C)=O)c2C)nc2ccccc12. The van der Waals surface area contributed by atoms with Crippen molar-refractivity contribution >= 4 is 40.0 Å². The number of ketones is 2. The lowest BCUT2D eigenvalue weighted by atomic mass is 10.1. The van der Waals surface area contributed by atoms with E-state index in [4.69, 9.17) is 0 Å². The Morgan fingerprint density at radius 1 is 1.19 bits per heavy atom. The molecule has 7 heteroatoms. The summed E-state index contributed by atoms with van der Waals surface area (Å²) in [5.41, 5.74) is 3.35. The van der Waals surface area contributed by atoms with Gasteiger partial charge in [-0.3, -0.25) is 9.59 Å². The molecular weight excluding hydrogens is 360 g/mol. The third-order valence-corrected chi connectivity index (χ3v) is 5.17. The van der Waals surface area contributed by atoms with E-state index in [1.165, 1.54) is 18.7 Å². The minimum atomic E-state index is -0.0742. The van der Waals surface area contributed by atoms with Gasteiger partial charge in [0, 0.05) is 23.2 Å². The van der Waals surface area contributed by atoms with Crippen LogP contribution in [0.2, 0.25) is 0 Å². The molecule has 2 N–H and O–H groups in total. The largest absolute Gasteiger partial charge is 0.370 e. The zero-order valence-corrected chi connectivity index (χ0v) is 16.7. The normalized spacial score (nSPS) is 11.0. The van der Waals surface area contributed by atoms with Gasteiger partial charge >= 0.3 is 0 Å². The number of nitrogens with one attached hydrogen (secondary N) is 2. The molecule has 2 heterocycles.